The summed E-state index contributed by atoms with van der Waals surface area (Å²) in [5, 5.41) is 7.64. The van der Waals surface area contributed by atoms with E-state index in [1.807, 2.05) is 18.2 Å². The van der Waals surface area contributed by atoms with Gasteiger partial charge in [-0.25, -0.2) is 0 Å². The van der Waals surface area contributed by atoms with Crippen molar-refractivity contribution in [2.24, 2.45) is 0 Å². The molecule has 0 unspecified atom stereocenters. The number of anilines is 2. The van der Waals surface area contributed by atoms with Gasteiger partial charge in [-0.15, -0.1) is 13.2 Å². The predicted octanol–water partition coefficient (Wildman–Crippen LogP) is 4.47. The van der Waals surface area contributed by atoms with Crippen molar-refractivity contribution in [1.82, 2.24) is 5.16 Å². The molecule has 0 saturated carbocycles. The molecule has 1 heterocycles. The van der Waals surface area contributed by atoms with Gasteiger partial charge in [0.1, 0.15) is 5.75 Å². The molecular weight excluding hydrogens is 285 g/mol. The van der Waals surface area contributed by atoms with E-state index in [2.05, 4.69) is 15.2 Å². The number of hydrogen-bond acceptors (Lipinski definition) is 4. The van der Waals surface area contributed by atoms with Crippen LogP contribution < -0.4 is 10.1 Å². The maximum absolute atomic E-state index is 12.1. The summed E-state index contributed by atoms with van der Waals surface area (Å²) in [5.41, 5.74) is 1.20. The number of nitrogens with zero attached hydrogens (tertiary/aromatic N) is 1. The molecule has 0 radical (unpaired) electrons. The fourth-order valence-corrected chi connectivity index (χ4v) is 1.85. The van der Waals surface area contributed by atoms with Gasteiger partial charge in [-0.1, -0.05) is 17.3 Å². The van der Waals surface area contributed by atoms with Crippen molar-refractivity contribution in [3.63, 3.8) is 0 Å². The Morgan fingerprint density at radius 3 is 2.43 bits per heavy atom. The van der Waals surface area contributed by atoms with Crippen LogP contribution in [0.25, 0.3) is 11.0 Å². The zero-order chi connectivity index (χ0) is 14.9. The maximum Gasteiger partial charge on any atom is 0.573 e. The smallest absolute Gasteiger partial charge is 0.406 e. The molecule has 0 spiro atoms. The van der Waals surface area contributed by atoms with E-state index in [0.717, 1.165) is 5.39 Å². The van der Waals surface area contributed by atoms with Crippen molar-refractivity contribution in [1.29, 1.82) is 0 Å². The first-order chi connectivity index (χ1) is 10.0. The first-order valence-electron chi connectivity index (χ1n) is 5.98. The topological polar surface area (TPSA) is 47.3 Å². The number of rotatable bonds is 3. The molecule has 3 aromatic rings. The van der Waals surface area contributed by atoms with E-state index in [1.165, 1.54) is 24.3 Å². The van der Waals surface area contributed by atoms with Crippen LogP contribution >= 0.6 is 0 Å². The zero-order valence-corrected chi connectivity index (χ0v) is 10.5. The van der Waals surface area contributed by atoms with E-state index in [1.54, 1.807) is 6.07 Å². The highest BCUT2D eigenvalue weighted by Gasteiger charge is 2.30. The summed E-state index contributed by atoms with van der Waals surface area (Å²) in [5.74, 6) is 0.216. The van der Waals surface area contributed by atoms with Gasteiger partial charge in [-0.05, 0) is 36.4 Å². The third-order valence-corrected chi connectivity index (χ3v) is 2.73. The van der Waals surface area contributed by atoms with E-state index in [4.69, 9.17) is 4.52 Å². The second-order valence-electron chi connectivity index (χ2n) is 4.22. The number of ether oxygens (including phenoxy) is 1. The van der Waals surface area contributed by atoms with Crippen molar-refractivity contribution in [3.05, 3.63) is 48.5 Å². The van der Waals surface area contributed by atoms with E-state index >= 15 is 0 Å². The third-order valence-electron chi connectivity index (χ3n) is 2.73. The van der Waals surface area contributed by atoms with Crippen molar-refractivity contribution in [2.45, 2.75) is 6.36 Å². The highest BCUT2D eigenvalue weighted by atomic mass is 19.4. The van der Waals surface area contributed by atoms with E-state index in [9.17, 15) is 13.2 Å². The van der Waals surface area contributed by atoms with Crippen LogP contribution in [-0.4, -0.2) is 11.5 Å². The Hall–Kier alpha value is -2.70. The Morgan fingerprint density at radius 1 is 1.00 bits per heavy atom. The van der Waals surface area contributed by atoms with E-state index in [-0.39, 0.29) is 5.75 Å². The number of alkyl halides is 3. The zero-order valence-electron chi connectivity index (χ0n) is 10.5. The second-order valence-corrected chi connectivity index (χ2v) is 4.22. The molecule has 1 aromatic heterocycles. The van der Waals surface area contributed by atoms with Crippen molar-refractivity contribution in [2.75, 3.05) is 5.32 Å². The molecule has 0 aliphatic heterocycles. The van der Waals surface area contributed by atoms with Crippen LogP contribution in [-0.2, 0) is 0 Å². The fraction of sp³-hybridized carbons (Fsp3) is 0.0714. The molecule has 0 aliphatic rings. The minimum atomic E-state index is -4.70. The Morgan fingerprint density at radius 2 is 1.71 bits per heavy atom. The minimum absolute atomic E-state index is 0.280. The molecule has 0 atom stereocenters. The standard InChI is InChI=1S/C14H9F3N2O2/c15-14(16,17)20-10-7-5-9(6-8-10)18-13-11-3-1-2-4-12(11)21-19-13/h1-8H,(H,18,19). The lowest BCUT2D eigenvalue weighted by Crippen LogP contribution is -2.16. The molecule has 0 amide bonds. The Balaban J connectivity index is 1.79. The van der Waals surface area contributed by atoms with Gasteiger partial charge in [0.05, 0.1) is 5.39 Å². The summed E-state index contributed by atoms with van der Waals surface area (Å²) in [4.78, 5) is 0. The van der Waals surface area contributed by atoms with E-state index < -0.39 is 6.36 Å². The van der Waals surface area contributed by atoms with Crippen LogP contribution in [0.1, 0.15) is 0 Å². The Labute approximate surface area is 117 Å². The largest absolute Gasteiger partial charge is 0.573 e. The van der Waals surface area contributed by atoms with Gasteiger partial charge in [-0.3, -0.25) is 0 Å². The van der Waals surface area contributed by atoms with Gasteiger partial charge in [0.25, 0.3) is 0 Å². The SMILES string of the molecule is FC(F)(F)Oc1ccc(Nc2noc3ccccc23)cc1. The number of nitrogens with one attached hydrogen (secondary N) is 1. The number of para-hydroxylation sites is 1. The van der Waals surface area contributed by atoms with Crippen LogP contribution in [0.2, 0.25) is 0 Å². The Kier molecular flexibility index (Phi) is 3.17. The molecule has 0 fully saturated rings. The number of hydrogen-bond donors (Lipinski definition) is 1. The predicted molar refractivity (Wildman–Crippen MR) is 70.4 cm³/mol. The van der Waals surface area contributed by atoms with Crippen molar-refractivity contribution < 1.29 is 22.4 Å². The molecule has 3 rings (SSSR count). The number of fused-ring (bicyclic) bond motifs is 1. The lowest BCUT2D eigenvalue weighted by Gasteiger charge is -2.09. The van der Waals surface area contributed by atoms with Gasteiger partial charge in [0, 0.05) is 5.69 Å². The van der Waals surface area contributed by atoms with Crippen LogP contribution in [0.3, 0.4) is 0 Å². The molecule has 7 heteroatoms. The Bertz CT molecular complexity index is 751. The number of benzene rings is 2. The van der Waals surface area contributed by atoms with Gasteiger partial charge in [-0.2, -0.15) is 0 Å². The molecule has 0 saturated heterocycles. The van der Waals surface area contributed by atoms with Crippen LogP contribution in [0.4, 0.5) is 24.7 Å². The summed E-state index contributed by atoms with van der Waals surface area (Å²) >= 11 is 0. The molecule has 4 nitrogen and oxygen atoms in total. The molecule has 0 aliphatic carbocycles. The molecule has 2 aromatic carbocycles. The molecular formula is C14H9F3N2O2. The number of halogens is 3. The van der Waals surface area contributed by atoms with Gasteiger partial charge in [0.2, 0.25) is 0 Å². The number of aromatic nitrogens is 1. The summed E-state index contributed by atoms with van der Waals surface area (Å²) in [6, 6.07) is 12.6. The normalized spacial score (nSPS) is 11.6. The van der Waals surface area contributed by atoms with Crippen molar-refractivity contribution >= 4 is 22.5 Å². The summed E-state index contributed by atoms with van der Waals surface area (Å²) in [7, 11) is 0. The maximum atomic E-state index is 12.1. The average molecular weight is 294 g/mol. The monoisotopic (exact) mass is 294 g/mol. The lowest BCUT2D eigenvalue weighted by atomic mass is 10.2. The first kappa shape index (κ1) is 13.3. The summed E-state index contributed by atoms with van der Waals surface area (Å²) in [6.07, 6.45) is -4.70. The summed E-state index contributed by atoms with van der Waals surface area (Å²) in [6.45, 7) is 0. The van der Waals surface area contributed by atoms with E-state index in [0.29, 0.717) is 17.1 Å². The summed E-state index contributed by atoms with van der Waals surface area (Å²) < 4.78 is 45.1. The highest BCUT2D eigenvalue weighted by Crippen LogP contribution is 2.28. The molecule has 108 valence electrons. The minimum Gasteiger partial charge on any atom is -0.406 e. The molecule has 0 bridgehead atoms. The van der Waals surface area contributed by atoms with Crippen LogP contribution in [0.5, 0.6) is 5.75 Å². The first-order valence-corrected chi connectivity index (χ1v) is 5.98. The third kappa shape index (κ3) is 3.07. The quantitative estimate of drug-likeness (QED) is 0.774. The van der Waals surface area contributed by atoms with Gasteiger partial charge < -0.3 is 14.6 Å². The average Bonchev–Trinajstić information content (AvgIpc) is 2.83. The van der Waals surface area contributed by atoms with Gasteiger partial charge in [0.15, 0.2) is 11.4 Å². The molecule has 21 heavy (non-hydrogen) atoms. The van der Waals surface area contributed by atoms with Crippen LogP contribution in [0, 0.1) is 0 Å². The van der Waals surface area contributed by atoms with Crippen molar-refractivity contribution in [3.8, 4) is 5.75 Å². The van der Waals surface area contributed by atoms with Gasteiger partial charge >= 0.3 is 6.36 Å². The van der Waals surface area contributed by atoms with Crippen LogP contribution in [0.15, 0.2) is 53.1 Å². The lowest BCUT2D eigenvalue weighted by molar-refractivity contribution is -0.274. The second kappa shape index (κ2) is 5.01. The molecule has 1 N–H and O–H groups in total. The highest BCUT2D eigenvalue weighted by molar-refractivity contribution is 5.89. The fourth-order valence-electron chi connectivity index (χ4n) is 1.85.